The van der Waals surface area contributed by atoms with Crippen LogP contribution in [-0.4, -0.2) is 23.8 Å². The van der Waals surface area contributed by atoms with Crippen LogP contribution in [0.4, 0.5) is 0 Å². The lowest BCUT2D eigenvalue weighted by molar-refractivity contribution is -0.0498. The van der Waals surface area contributed by atoms with Crippen molar-refractivity contribution in [1.29, 1.82) is 0 Å². The molecule has 2 saturated carbocycles. The first-order valence-corrected chi connectivity index (χ1v) is 8.93. The summed E-state index contributed by atoms with van der Waals surface area (Å²) in [6, 6.07) is 9.28. The van der Waals surface area contributed by atoms with Crippen molar-refractivity contribution in [2.24, 2.45) is 23.2 Å². The van der Waals surface area contributed by atoms with Crippen LogP contribution >= 0.6 is 0 Å². The number of carbonyl (C=O) groups is 1. The normalized spacial score (nSPS) is 34.7. The Kier molecular flexibility index (Phi) is 4.77. The average Bonchev–Trinajstić information content (AvgIpc) is 2.93. The molecule has 3 rings (SSSR count). The summed E-state index contributed by atoms with van der Waals surface area (Å²) in [6.45, 7) is 4.75. The quantitative estimate of drug-likeness (QED) is 0.852. The maximum atomic E-state index is 12.4. The highest BCUT2D eigenvalue weighted by molar-refractivity contribution is 5.89. The molecule has 0 amide bonds. The zero-order chi connectivity index (χ0) is 16.4. The van der Waals surface area contributed by atoms with E-state index in [4.69, 9.17) is 4.74 Å². The molecule has 5 atom stereocenters. The number of esters is 1. The maximum Gasteiger partial charge on any atom is 0.338 e. The fraction of sp³-hybridized carbons (Fsp3) is 0.650. The second-order valence-electron chi connectivity index (χ2n) is 7.66. The minimum atomic E-state index is -0.196. The number of fused-ring (bicyclic) bond motifs is 1. The van der Waals surface area contributed by atoms with E-state index in [9.17, 15) is 9.90 Å². The number of rotatable bonds is 4. The molecule has 126 valence electrons. The summed E-state index contributed by atoms with van der Waals surface area (Å²) in [5.41, 5.74) is 0.834. The highest BCUT2D eigenvalue weighted by atomic mass is 16.5. The fourth-order valence-corrected chi connectivity index (χ4v) is 5.14. The molecule has 0 aromatic heterocycles. The van der Waals surface area contributed by atoms with E-state index < -0.39 is 0 Å². The molecular formula is C20H28O3. The van der Waals surface area contributed by atoms with Gasteiger partial charge in [-0.15, -0.1) is 0 Å². The van der Waals surface area contributed by atoms with Crippen molar-refractivity contribution in [2.75, 3.05) is 6.61 Å². The van der Waals surface area contributed by atoms with Crippen molar-refractivity contribution >= 4 is 5.97 Å². The van der Waals surface area contributed by atoms with Crippen molar-refractivity contribution in [3.63, 3.8) is 0 Å². The number of benzene rings is 1. The molecule has 0 heterocycles. The predicted octanol–water partition coefficient (Wildman–Crippen LogP) is 4.06. The van der Waals surface area contributed by atoms with Crippen LogP contribution in [-0.2, 0) is 4.74 Å². The van der Waals surface area contributed by atoms with Gasteiger partial charge in [0.05, 0.1) is 5.56 Å². The minimum Gasteiger partial charge on any atom is -0.458 e. The largest absolute Gasteiger partial charge is 0.458 e. The smallest absolute Gasteiger partial charge is 0.338 e. The van der Waals surface area contributed by atoms with Gasteiger partial charge in [-0.3, -0.25) is 0 Å². The monoisotopic (exact) mass is 316 g/mol. The van der Waals surface area contributed by atoms with Gasteiger partial charge >= 0.3 is 5.97 Å². The molecule has 0 spiro atoms. The van der Waals surface area contributed by atoms with Gasteiger partial charge in [0.25, 0.3) is 0 Å². The summed E-state index contributed by atoms with van der Waals surface area (Å²) >= 11 is 0. The van der Waals surface area contributed by atoms with E-state index in [1.807, 2.05) is 30.3 Å². The number of hydrogen-bond acceptors (Lipinski definition) is 3. The Labute approximate surface area is 139 Å². The Hall–Kier alpha value is -1.35. The summed E-state index contributed by atoms with van der Waals surface area (Å²) in [7, 11) is 0. The van der Waals surface area contributed by atoms with Gasteiger partial charge in [0, 0.05) is 12.5 Å². The number of aliphatic hydroxyl groups excluding tert-OH is 1. The van der Waals surface area contributed by atoms with Crippen LogP contribution in [0.3, 0.4) is 0 Å². The first kappa shape index (κ1) is 16.5. The van der Waals surface area contributed by atoms with E-state index in [1.165, 1.54) is 6.42 Å². The van der Waals surface area contributed by atoms with Gasteiger partial charge in [0.1, 0.15) is 6.10 Å². The molecule has 2 aliphatic rings. The van der Waals surface area contributed by atoms with Gasteiger partial charge in [0.15, 0.2) is 0 Å². The molecule has 1 aromatic rings. The van der Waals surface area contributed by atoms with Crippen LogP contribution in [0.25, 0.3) is 0 Å². The molecule has 2 aliphatic carbocycles. The number of hydrogen-bond donors (Lipinski definition) is 1. The second kappa shape index (κ2) is 6.64. The molecular weight excluding hydrogens is 288 g/mol. The van der Waals surface area contributed by atoms with Gasteiger partial charge in [-0.1, -0.05) is 32.0 Å². The highest BCUT2D eigenvalue weighted by Gasteiger charge is 2.53. The molecule has 0 radical (unpaired) electrons. The van der Waals surface area contributed by atoms with Crippen LogP contribution in [0.1, 0.15) is 56.3 Å². The third-order valence-electron chi connectivity index (χ3n) is 6.38. The molecule has 1 aromatic carbocycles. The molecule has 2 fully saturated rings. The number of aliphatic hydroxyl groups is 1. The first-order chi connectivity index (χ1) is 11.1. The standard InChI is InChI=1S/C20H28O3/c1-14(13-21)16-10-11-17-18(9-6-12-20(16,17)2)23-19(22)15-7-4-3-5-8-15/h3-5,7-8,14,16-18,21H,6,9-13H2,1-2H3. The van der Waals surface area contributed by atoms with Gasteiger partial charge in [-0.05, 0) is 61.5 Å². The number of ether oxygens (including phenoxy) is 1. The summed E-state index contributed by atoms with van der Waals surface area (Å²) in [4.78, 5) is 12.4. The summed E-state index contributed by atoms with van der Waals surface area (Å²) in [6.07, 6.45) is 5.54. The Morgan fingerprint density at radius 2 is 2.04 bits per heavy atom. The van der Waals surface area contributed by atoms with Crippen LogP contribution in [0.2, 0.25) is 0 Å². The van der Waals surface area contributed by atoms with Crippen LogP contribution in [0.5, 0.6) is 0 Å². The van der Waals surface area contributed by atoms with Gasteiger partial charge in [-0.25, -0.2) is 4.79 Å². The zero-order valence-corrected chi connectivity index (χ0v) is 14.2. The maximum absolute atomic E-state index is 12.4. The van der Waals surface area contributed by atoms with Gasteiger partial charge < -0.3 is 9.84 Å². The van der Waals surface area contributed by atoms with Crippen molar-refractivity contribution in [1.82, 2.24) is 0 Å². The van der Waals surface area contributed by atoms with E-state index in [0.717, 1.165) is 25.7 Å². The first-order valence-electron chi connectivity index (χ1n) is 8.93. The summed E-state index contributed by atoms with van der Waals surface area (Å²) < 4.78 is 5.92. The highest BCUT2D eigenvalue weighted by Crippen LogP contribution is 2.58. The van der Waals surface area contributed by atoms with Crippen molar-refractivity contribution in [3.8, 4) is 0 Å². The lowest BCUT2D eigenvalue weighted by atomic mass is 9.62. The summed E-state index contributed by atoms with van der Waals surface area (Å²) in [5.74, 6) is 1.10. The predicted molar refractivity (Wildman–Crippen MR) is 90.1 cm³/mol. The average molecular weight is 316 g/mol. The lowest BCUT2D eigenvalue weighted by Gasteiger charge is -2.46. The molecule has 5 unspecified atom stereocenters. The third-order valence-corrected chi connectivity index (χ3v) is 6.38. The molecule has 23 heavy (non-hydrogen) atoms. The Morgan fingerprint density at radius 1 is 1.30 bits per heavy atom. The van der Waals surface area contributed by atoms with E-state index in [0.29, 0.717) is 23.3 Å². The molecule has 0 aliphatic heterocycles. The van der Waals surface area contributed by atoms with E-state index in [2.05, 4.69) is 13.8 Å². The third kappa shape index (κ3) is 3.03. The Bertz CT molecular complexity index is 541. The number of carbonyl (C=O) groups excluding carboxylic acids is 1. The van der Waals surface area contributed by atoms with Gasteiger partial charge in [0.2, 0.25) is 0 Å². The zero-order valence-electron chi connectivity index (χ0n) is 14.2. The van der Waals surface area contributed by atoms with Crippen LogP contribution < -0.4 is 0 Å². The van der Waals surface area contributed by atoms with E-state index >= 15 is 0 Å². The Balaban J connectivity index is 1.74. The van der Waals surface area contributed by atoms with Crippen LogP contribution in [0, 0.1) is 23.2 Å². The fourth-order valence-electron chi connectivity index (χ4n) is 5.14. The molecule has 1 N–H and O–H groups in total. The van der Waals surface area contributed by atoms with E-state index in [1.54, 1.807) is 0 Å². The SMILES string of the molecule is CC(CO)C1CCC2C(OC(=O)c3ccccc3)CCCC12C. The molecule has 3 heteroatoms. The van der Waals surface area contributed by atoms with Crippen molar-refractivity contribution < 1.29 is 14.6 Å². The van der Waals surface area contributed by atoms with Crippen molar-refractivity contribution in [3.05, 3.63) is 35.9 Å². The topological polar surface area (TPSA) is 46.5 Å². The Morgan fingerprint density at radius 3 is 2.74 bits per heavy atom. The lowest BCUT2D eigenvalue weighted by Crippen LogP contribution is -2.43. The van der Waals surface area contributed by atoms with Crippen molar-refractivity contribution in [2.45, 2.75) is 52.1 Å². The second-order valence-corrected chi connectivity index (χ2v) is 7.66. The molecule has 0 bridgehead atoms. The van der Waals surface area contributed by atoms with Crippen LogP contribution in [0.15, 0.2) is 30.3 Å². The van der Waals surface area contributed by atoms with Gasteiger partial charge in [-0.2, -0.15) is 0 Å². The van der Waals surface area contributed by atoms with E-state index in [-0.39, 0.29) is 24.1 Å². The summed E-state index contributed by atoms with van der Waals surface area (Å²) in [5, 5.41) is 9.57. The minimum absolute atomic E-state index is 0.0253. The molecule has 3 nitrogen and oxygen atoms in total. The molecule has 0 saturated heterocycles.